The largest absolute Gasteiger partial charge is 0.491 e. The quantitative estimate of drug-likeness (QED) is 0.794. The molecule has 0 aliphatic rings. The molecule has 0 radical (unpaired) electrons. The molecule has 2 aromatic rings. The van der Waals surface area contributed by atoms with Crippen molar-refractivity contribution in [1.82, 2.24) is 5.32 Å². The summed E-state index contributed by atoms with van der Waals surface area (Å²) in [7, 11) is 0. The summed E-state index contributed by atoms with van der Waals surface area (Å²) in [6, 6.07) is 15.5. The van der Waals surface area contributed by atoms with E-state index >= 15 is 0 Å². The predicted octanol–water partition coefficient (Wildman–Crippen LogP) is 4.40. The number of para-hydroxylation sites is 1. The van der Waals surface area contributed by atoms with E-state index in [0.29, 0.717) is 16.7 Å². The molecule has 0 amide bonds. The third kappa shape index (κ3) is 5.20. The third-order valence-corrected chi connectivity index (χ3v) is 3.57. The van der Waals surface area contributed by atoms with E-state index < -0.39 is 0 Å². The minimum absolute atomic E-state index is 0.0730. The summed E-state index contributed by atoms with van der Waals surface area (Å²) in [6.07, 6.45) is 0. The van der Waals surface area contributed by atoms with E-state index in [-0.39, 0.29) is 6.04 Å². The van der Waals surface area contributed by atoms with Crippen molar-refractivity contribution in [3.05, 3.63) is 59.1 Å². The molecule has 0 fully saturated rings. The van der Waals surface area contributed by atoms with E-state index in [1.807, 2.05) is 62.4 Å². The van der Waals surface area contributed by atoms with Crippen molar-refractivity contribution in [2.24, 2.45) is 0 Å². The fourth-order valence-corrected chi connectivity index (χ4v) is 2.34. The van der Waals surface area contributed by atoms with E-state index in [4.69, 9.17) is 28.6 Å². The molecule has 0 aliphatic carbocycles. The molecule has 0 aromatic heterocycles. The average Bonchev–Trinajstić information content (AvgIpc) is 2.49. The number of hydrogen-bond acceptors (Lipinski definition) is 2. The van der Waals surface area contributed by atoms with Crippen LogP contribution in [0.4, 0.5) is 5.69 Å². The highest BCUT2D eigenvalue weighted by Gasteiger charge is 2.07. The highest BCUT2D eigenvalue weighted by molar-refractivity contribution is 7.80. The predicted molar refractivity (Wildman–Crippen MR) is 96.9 cm³/mol. The maximum Gasteiger partial charge on any atom is 0.171 e. The van der Waals surface area contributed by atoms with Crippen LogP contribution >= 0.6 is 23.8 Å². The molecule has 3 nitrogen and oxygen atoms in total. The number of ether oxygens (including phenoxy) is 1. The van der Waals surface area contributed by atoms with Crippen LogP contribution in [0.3, 0.4) is 0 Å². The van der Waals surface area contributed by atoms with Gasteiger partial charge in [0.15, 0.2) is 5.11 Å². The molecule has 5 heteroatoms. The lowest BCUT2D eigenvalue weighted by atomic mass is 10.2. The van der Waals surface area contributed by atoms with E-state index in [9.17, 15) is 0 Å². The maximum atomic E-state index is 6.08. The van der Waals surface area contributed by atoms with Gasteiger partial charge in [-0.25, -0.2) is 0 Å². The number of nitrogens with one attached hydrogen (secondary N) is 2. The lowest BCUT2D eigenvalue weighted by molar-refractivity contribution is 0.287. The molecule has 0 aliphatic heterocycles. The summed E-state index contributed by atoms with van der Waals surface area (Å²) in [5.41, 5.74) is 2.00. The first-order chi connectivity index (χ1) is 10.5. The number of thiocarbonyl (C=S) groups is 1. The van der Waals surface area contributed by atoms with Gasteiger partial charge >= 0.3 is 0 Å². The van der Waals surface area contributed by atoms with Crippen LogP contribution in [0.2, 0.25) is 5.02 Å². The smallest absolute Gasteiger partial charge is 0.171 e. The standard InChI is InChI=1S/C17H19ClN2OS/c1-12-7-9-14(10-8-12)21-11-13(2)19-17(22)20-16-6-4-3-5-15(16)18/h3-10,13H,11H2,1-2H3,(H2,19,20,22). The third-order valence-electron chi connectivity index (χ3n) is 3.02. The van der Waals surface area contributed by atoms with Gasteiger partial charge in [-0.2, -0.15) is 0 Å². The summed E-state index contributed by atoms with van der Waals surface area (Å²) in [5, 5.41) is 7.41. The molecule has 1 atom stereocenters. The van der Waals surface area contributed by atoms with Gasteiger partial charge in [-0.15, -0.1) is 0 Å². The summed E-state index contributed by atoms with van der Waals surface area (Å²) >= 11 is 11.4. The zero-order valence-electron chi connectivity index (χ0n) is 12.6. The monoisotopic (exact) mass is 334 g/mol. The van der Waals surface area contributed by atoms with Gasteiger partial charge in [-0.3, -0.25) is 0 Å². The van der Waals surface area contributed by atoms with Crippen LogP contribution in [0, 0.1) is 6.92 Å². The number of rotatable bonds is 5. The van der Waals surface area contributed by atoms with Gasteiger partial charge in [-0.1, -0.05) is 41.4 Å². The molecule has 116 valence electrons. The van der Waals surface area contributed by atoms with Gasteiger partial charge < -0.3 is 15.4 Å². The summed E-state index contributed by atoms with van der Waals surface area (Å²) in [4.78, 5) is 0. The van der Waals surface area contributed by atoms with Gasteiger partial charge in [0.05, 0.1) is 16.8 Å². The summed E-state index contributed by atoms with van der Waals surface area (Å²) in [6.45, 7) is 4.58. The van der Waals surface area contributed by atoms with Gasteiger partial charge in [-0.05, 0) is 50.3 Å². The van der Waals surface area contributed by atoms with Crippen LogP contribution in [-0.4, -0.2) is 17.8 Å². The molecule has 0 heterocycles. The van der Waals surface area contributed by atoms with E-state index in [2.05, 4.69) is 10.6 Å². The summed E-state index contributed by atoms with van der Waals surface area (Å²) < 4.78 is 5.72. The van der Waals surface area contributed by atoms with Crippen molar-refractivity contribution in [3.63, 3.8) is 0 Å². The van der Waals surface area contributed by atoms with Crippen molar-refractivity contribution in [2.75, 3.05) is 11.9 Å². The first-order valence-electron chi connectivity index (χ1n) is 7.06. The molecule has 2 aromatic carbocycles. The molecule has 2 N–H and O–H groups in total. The van der Waals surface area contributed by atoms with Crippen LogP contribution in [0.25, 0.3) is 0 Å². The van der Waals surface area contributed by atoms with E-state index in [1.165, 1.54) is 5.56 Å². The van der Waals surface area contributed by atoms with Gasteiger partial charge in [0, 0.05) is 0 Å². The Balaban J connectivity index is 1.79. The molecule has 0 bridgehead atoms. The number of hydrogen-bond donors (Lipinski definition) is 2. The second kappa shape index (κ2) is 8.01. The SMILES string of the molecule is Cc1ccc(OCC(C)NC(=S)Nc2ccccc2Cl)cc1. The van der Waals surface area contributed by atoms with Crippen LogP contribution in [0.1, 0.15) is 12.5 Å². The molecule has 2 rings (SSSR count). The van der Waals surface area contributed by atoms with Gasteiger partial charge in [0.2, 0.25) is 0 Å². The zero-order chi connectivity index (χ0) is 15.9. The second-order valence-corrected chi connectivity index (χ2v) is 5.92. The fraction of sp³-hybridized carbons (Fsp3) is 0.235. The molecular weight excluding hydrogens is 316 g/mol. The molecular formula is C17H19ClN2OS. The van der Waals surface area contributed by atoms with Crippen molar-refractivity contribution in [2.45, 2.75) is 19.9 Å². The maximum absolute atomic E-state index is 6.08. The first-order valence-corrected chi connectivity index (χ1v) is 7.85. The highest BCUT2D eigenvalue weighted by atomic mass is 35.5. The normalized spacial score (nSPS) is 11.6. The Kier molecular flexibility index (Phi) is 6.04. The Labute approximate surface area is 141 Å². The van der Waals surface area contributed by atoms with Crippen LogP contribution in [-0.2, 0) is 0 Å². The molecule has 0 spiro atoms. The van der Waals surface area contributed by atoms with Crippen molar-refractivity contribution in [1.29, 1.82) is 0 Å². The van der Waals surface area contributed by atoms with Crippen molar-refractivity contribution >= 4 is 34.6 Å². The van der Waals surface area contributed by atoms with Gasteiger partial charge in [0.1, 0.15) is 12.4 Å². The molecule has 0 saturated heterocycles. The summed E-state index contributed by atoms with van der Waals surface area (Å²) in [5.74, 6) is 0.851. The Morgan fingerprint density at radius 3 is 2.55 bits per heavy atom. The zero-order valence-corrected chi connectivity index (χ0v) is 14.2. The number of halogens is 1. The second-order valence-electron chi connectivity index (χ2n) is 5.10. The fourth-order valence-electron chi connectivity index (χ4n) is 1.84. The van der Waals surface area contributed by atoms with Crippen molar-refractivity contribution in [3.8, 4) is 5.75 Å². The van der Waals surface area contributed by atoms with Crippen LogP contribution in [0.15, 0.2) is 48.5 Å². The lowest BCUT2D eigenvalue weighted by Crippen LogP contribution is -2.39. The minimum Gasteiger partial charge on any atom is -0.491 e. The van der Waals surface area contributed by atoms with Crippen LogP contribution in [0.5, 0.6) is 5.75 Å². The Hall–Kier alpha value is -1.78. The Morgan fingerprint density at radius 2 is 1.86 bits per heavy atom. The highest BCUT2D eigenvalue weighted by Crippen LogP contribution is 2.20. The van der Waals surface area contributed by atoms with E-state index in [0.717, 1.165) is 11.4 Å². The lowest BCUT2D eigenvalue weighted by Gasteiger charge is -2.18. The number of anilines is 1. The minimum atomic E-state index is 0.0730. The average molecular weight is 335 g/mol. The van der Waals surface area contributed by atoms with Crippen LogP contribution < -0.4 is 15.4 Å². The number of benzene rings is 2. The molecule has 22 heavy (non-hydrogen) atoms. The molecule has 0 saturated carbocycles. The Morgan fingerprint density at radius 1 is 1.18 bits per heavy atom. The van der Waals surface area contributed by atoms with E-state index in [1.54, 1.807) is 0 Å². The molecule has 1 unspecified atom stereocenters. The first kappa shape index (κ1) is 16.6. The Bertz CT molecular complexity index is 631. The van der Waals surface area contributed by atoms with Crippen molar-refractivity contribution < 1.29 is 4.74 Å². The number of aryl methyl sites for hydroxylation is 1. The van der Waals surface area contributed by atoms with Gasteiger partial charge in [0.25, 0.3) is 0 Å². The topological polar surface area (TPSA) is 33.3 Å².